The molecule has 0 N–H and O–H groups in total. The summed E-state index contributed by atoms with van der Waals surface area (Å²) in [7, 11) is 0. The lowest BCUT2D eigenvalue weighted by molar-refractivity contribution is 0.382. The first-order chi connectivity index (χ1) is 6.33. The maximum Gasteiger partial charge on any atom is -0.0355 e. The van der Waals surface area contributed by atoms with E-state index in [0.29, 0.717) is 0 Å². The molecule has 0 spiro atoms. The molecular formula is C13H26. The second-order valence-electron chi connectivity index (χ2n) is 4.76. The molecule has 3 atom stereocenters. The highest BCUT2D eigenvalue weighted by Gasteiger charge is 2.40. The van der Waals surface area contributed by atoms with Gasteiger partial charge < -0.3 is 0 Å². The van der Waals surface area contributed by atoms with Crippen LogP contribution < -0.4 is 0 Å². The molecule has 0 nitrogen and oxygen atoms in total. The van der Waals surface area contributed by atoms with E-state index in [2.05, 4.69) is 20.8 Å². The van der Waals surface area contributed by atoms with Crippen molar-refractivity contribution in [2.24, 2.45) is 17.8 Å². The van der Waals surface area contributed by atoms with Gasteiger partial charge in [-0.05, 0) is 24.2 Å². The van der Waals surface area contributed by atoms with Gasteiger partial charge in [-0.1, -0.05) is 59.3 Å². The zero-order chi connectivity index (χ0) is 9.68. The molecule has 0 heteroatoms. The molecule has 0 bridgehead atoms. The number of hydrogen-bond donors (Lipinski definition) is 0. The van der Waals surface area contributed by atoms with Crippen LogP contribution in [-0.2, 0) is 0 Å². The Morgan fingerprint density at radius 1 is 1.15 bits per heavy atom. The molecule has 1 fully saturated rings. The first-order valence-electron chi connectivity index (χ1n) is 6.33. The van der Waals surface area contributed by atoms with E-state index >= 15 is 0 Å². The number of unbranched alkanes of at least 4 members (excludes halogenated alkanes) is 1. The molecule has 0 radical (unpaired) electrons. The van der Waals surface area contributed by atoms with E-state index in [4.69, 9.17) is 0 Å². The molecule has 0 heterocycles. The van der Waals surface area contributed by atoms with Crippen LogP contribution in [0, 0.1) is 17.8 Å². The van der Waals surface area contributed by atoms with Gasteiger partial charge >= 0.3 is 0 Å². The highest BCUT2D eigenvalue weighted by Crippen LogP contribution is 2.49. The van der Waals surface area contributed by atoms with Crippen LogP contribution in [0.3, 0.4) is 0 Å². The summed E-state index contributed by atoms with van der Waals surface area (Å²) in [4.78, 5) is 0. The van der Waals surface area contributed by atoms with Gasteiger partial charge in [0.25, 0.3) is 0 Å². The van der Waals surface area contributed by atoms with Crippen molar-refractivity contribution in [2.75, 3.05) is 0 Å². The molecule has 1 rings (SSSR count). The molecule has 0 saturated heterocycles. The number of rotatable bonds is 7. The first kappa shape index (κ1) is 11.1. The van der Waals surface area contributed by atoms with Crippen LogP contribution in [0.5, 0.6) is 0 Å². The Kier molecular flexibility index (Phi) is 4.83. The lowest BCUT2D eigenvalue weighted by atomic mass is 9.93. The lowest BCUT2D eigenvalue weighted by Crippen LogP contribution is -2.02. The van der Waals surface area contributed by atoms with Crippen molar-refractivity contribution in [2.45, 2.75) is 65.7 Å². The molecule has 0 amide bonds. The van der Waals surface area contributed by atoms with Crippen molar-refractivity contribution in [3.05, 3.63) is 0 Å². The zero-order valence-electron chi connectivity index (χ0n) is 9.68. The predicted octanol–water partition coefficient (Wildman–Crippen LogP) is 4.64. The van der Waals surface area contributed by atoms with Gasteiger partial charge in [-0.2, -0.15) is 0 Å². The molecule has 0 aromatic rings. The molecule has 1 aliphatic rings. The van der Waals surface area contributed by atoms with Crippen molar-refractivity contribution in [3.63, 3.8) is 0 Å². The largest absolute Gasteiger partial charge is 0.0654 e. The Morgan fingerprint density at radius 3 is 2.46 bits per heavy atom. The average molecular weight is 182 g/mol. The van der Waals surface area contributed by atoms with Crippen LogP contribution in [0.1, 0.15) is 65.7 Å². The molecule has 1 aliphatic carbocycles. The summed E-state index contributed by atoms with van der Waals surface area (Å²) in [6.45, 7) is 7.00. The minimum Gasteiger partial charge on any atom is -0.0654 e. The Morgan fingerprint density at radius 2 is 1.92 bits per heavy atom. The lowest BCUT2D eigenvalue weighted by Gasteiger charge is -2.13. The van der Waals surface area contributed by atoms with Crippen LogP contribution in [0.25, 0.3) is 0 Å². The maximum atomic E-state index is 2.37. The fraction of sp³-hybridized carbons (Fsp3) is 1.00. The molecule has 1 saturated carbocycles. The van der Waals surface area contributed by atoms with Crippen LogP contribution in [-0.4, -0.2) is 0 Å². The van der Waals surface area contributed by atoms with E-state index in [1.165, 1.54) is 38.5 Å². The van der Waals surface area contributed by atoms with E-state index in [1.807, 2.05) is 0 Å². The fourth-order valence-electron chi connectivity index (χ4n) is 2.74. The van der Waals surface area contributed by atoms with Crippen molar-refractivity contribution in [3.8, 4) is 0 Å². The summed E-state index contributed by atoms with van der Waals surface area (Å²) in [5.74, 6) is 3.31. The second kappa shape index (κ2) is 5.67. The summed E-state index contributed by atoms with van der Waals surface area (Å²) in [5, 5.41) is 0. The Balaban J connectivity index is 2.15. The van der Waals surface area contributed by atoms with Gasteiger partial charge in [0.2, 0.25) is 0 Å². The standard InChI is InChI=1S/C13H26/c1-4-7-9-12-10-13(12)11(6-3)8-5-2/h11-13H,4-10H2,1-3H3. The van der Waals surface area contributed by atoms with Crippen LogP contribution in [0.2, 0.25) is 0 Å². The highest BCUT2D eigenvalue weighted by molar-refractivity contribution is 4.90. The van der Waals surface area contributed by atoms with Crippen LogP contribution in [0.15, 0.2) is 0 Å². The van der Waals surface area contributed by atoms with Gasteiger partial charge in [0.15, 0.2) is 0 Å². The number of hydrogen-bond acceptors (Lipinski definition) is 0. The van der Waals surface area contributed by atoms with E-state index in [0.717, 1.165) is 17.8 Å². The summed E-state index contributed by atoms with van der Waals surface area (Å²) in [6, 6.07) is 0. The van der Waals surface area contributed by atoms with Gasteiger partial charge in [0.1, 0.15) is 0 Å². The Labute approximate surface area is 84.1 Å². The molecule has 78 valence electrons. The monoisotopic (exact) mass is 182 g/mol. The van der Waals surface area contributed by atoms with E-state index in [1.54, 1.807) is 6.42 Å². The Hall–Kier alpha value is 0. The first-order valence-corrected chi connectivity index (χ1v) is 6.33. The van der Waals surface area contributed by atoms with Gasteiger partial charge in [-0.3, -0.25) is 0 Å². The fourth-order valence-corrected chi connectivity index (χ4v) is 2.74. The molecule has 13 heavy (non-hydrogen) atoms. The molecule has 0 aromatic carbocycles. The third-order valence-corrected chi connectivity index (χ3v) is 3.70. The third kappa shape index (κ3) is 3.32. The van der Waals surface area contributed by atoms with E-state index < -0.39 is 0 Å². The van der Waals surface area contributed by atoms with Crippen LogP contribution in [0.4, 0.5) is 0 Å². The maximum absolute atomic E-state index is 2.37. The third-order valence-electron chi connectivity index (χ3n) is 3.70. The normalized spacial score (nSPS) is 28.8. The second-order valence-corrected chi connectivity index (χ2v) is 4.76. The quantitative estimate of drug-likeness (QED) is 0.538. The summed E-state index contributed by atoms with van der Waals surface area (Å²) < 4.78 is 0. The van der Waals surface area contributed by atoms with E-state index in [-0.39, 0.29) is 0 Å². The molecule has 0 aromatic heterocycles. The summed E-state index contributed by atoms with van der Waals surface area (Å²) >= 11 is 0. The van der Waals surface area contributed by atoms with Crippen LogP contribution >= 0.6 is 0 Å². The van der Waals surface area contributed by atoms with Crippen molar-refractivity contribution >= 4 is 0 Å². The van der Waals surface area contributed by atoms with Gasteiger partial charge in [0, 0.05) is 0 Å². The Bertz CT molecular complexity index is 128. The molecule has 3 unspecified atom stereocenters. The van der Waals surface area contributed by atoms with Gasteiger partial charge in [-0.25, -0.2) is 0 Å². The molecular weight excluding hydrogens is 156 g/mol. The van der Waals surface area contributed by atoms with Gasteiger partial charge in [-0.15, -0.1) is 0 Å². The SMILES string of the molecule is CCCCC1CC1C(CC)CCC. The summed E-state index contributed by atoms with van der Waals surface area (Å²) in [5.41, 5.74) is 0. The minimum atomic E-state index is 1.06. The van der Waals surface area contributed by atoms with Crippen molar-refractivity contribution < 1.29 is 0 Å². The van der Waals surface area contributed by atoms with Crippen molar-refractivity contribution in [1.82, 2.24) is 0 Å². The highest BCUT2D eigenvalue weighted by atomic mass is 14.5. The topological polar surface area (TPSA) is 0 Å². The minimum absolute atomic E-state index is 1.06. The predicted molar refractivity (Wildman–Crippen MR) is 59.8 cm³/mol. The van der Waals surface area contributed by atoms with Crippen molar-refractivity contribution in [1.29, 1.82) is 0 Å². The summed E-state index contributed by atoms with van der Waals surface area (Å²) in [6.07, 6.45) is 10.2. The molecule has 0 aliphatic heterocycles. The van der Waals surface area contributed by atoms with E-state index in [9.17, 15) is 0 Å². The van der Waals surface area contributed by atoms with Gasteiger partial charge in [0.05, 0.1) is 0 Å². The zero-order valence-corrected chi connectivity index (χ0v) is 9.68. The average Bonchev–Trinajstić information content (AvgIpc) is 2.90. The smallest absolute Gasteiger partial charge is 0.0355 e.